The van der Waals surface area contributed by atoms with Crippen LogP contribution in [-0.4, -0.2) is 22.6 Å². The Morgan fingerprint density at radius 3 is 2.60 bits per heavy atom. The van der Waals surface area contributed by atoms with Crippen molar-refractivity contribution in [2.75, 3.05) is 6.54 Å². The van der Waals surface area contributed by atoms with E-state index in [1.807, 2.05) is 13.8 Å². The first kappa shape index (κ1) is 14.2. The molecule has 2 aromatic rings. The predicted octanol–water partition coefficient (Wildman–Crippen LogP) is 2.07. The summed E-state index contributed by atoms with van der Waals surface area (Å²) in [5, 5.41) is 9.79. The molecule has 2 N–H and O–H groups in total. The highest BCUT2D eigenvalue weighted by Crippen LogP contribution is 2.09. The second-order valence-electron chi connectivity index (χ2n) is 4.82. The number of nitrogens with one attached hydrogen (secondary N) is 2. The van der Waals surface area contributed by atoms with Crippen LogP contribution < -0.4 is 5.32 Å². The molecule has 106 valence electrons. The summed E-state index contributed by atoms with van der Waals surface area (Å²) >= 11 is 0. The predicted molar refractivity (Wildman–Crippen MR) is 74.9 cm³/mol. The molecule has 0 aliphatic carbocycles. The van der Waals surface area contributed by atoms with E-state index in [1.165, 1.54) is 12.1 Å². The van der Waals surface area contributed by atoms with E-state index in [0.717, 1.165) is 22.5 Å². The first-order chi connectivity index (χ1) is 9.56. The van der Waals surface area contributed by atoms with E-state index in [1.54, 1.807) is 12.1 Å². The summed E-state index contributed by atoms with van der Waals surface area (Å²) in [5.74, 6) is -0.275. The Morgan fingerprint density at radius 1 is 1.30 bits per heavy atom. The lowest BCUT2D eigenvalue weighted by Gasteiger charge is -2.06. The van der Waals surface area contributed by atoms with Gasteiger partial charge in [-0.2, -0.15) is 5.10 Å². The lowest BCUT2D eigenvalue weighted by atomic mass is 10.1. The standard InChI is InChI=1S/C15H18FN3O/c1-10-14(11(2)19-18-10)9-15(20)17-8-7-12-3-5-13(16)6-4-12/h3-6H,7-9H2,1-2H3,(H,17,20)(H,18,19). The average molecular weight is 275 g/mol. The van der Waals surface area contributed by atoms with Crippen molar-refractivity contribution in [2.24, 2.45) is 0 Å². The number of aryl methyl sites for hydroxylation is 2. The lowest BCUT2D eigenvalue weighted by Crippen LogP contribution is -2.27. The van der Waals surface area contributed by atoms with E-state index < -0.39 is 0 Å². The minimum Gasteiger partial charge on any atom is -0.355 e. The van der Waals surface area contributed by atoms with Crippen LogP contribution in [0.1, 0.15) is 22.5 Å². The number of aromatic nitrogens is 2. The van der Waals surface area contributed by atoms with Gasteiger partial charge in [0.15, 0.2) is 0 Å². The molecule has 0 aliphatic rings. The van der Waals surface area contributed by atoms with E-state index in [4.69, 9.17) is 0 Å². The SMILES string of the molecule is Cc1n[nH]c(C)c1CC(=O)NCCc1ccc(F)cc1. The molecule has 0 fully saturated rings. The summed E-state index contributed by atoms with van der Waals surface area (Å²) in [6, 6.07) is 6.31. The zero-order chi connectivity index (χ0) is 14.5. The number of nitrogens with zero attached hydrogens (tertiary/aromatic N) is 1. The van der Waals surface area contributed by atoms with Crippen LogP contribution in [0.15, 0.2) is 24.3 Å². The highest BCUT2D eigenvalue weighted by Gasteiger charge is 2.10. The van der Waals surface area contributed by atoms with Crippen LogP contribution in [0.5, 0.6) is 0 Å². The first-order valence-corrected chi connectivity index (χ1v) is 6.58. The van der Waals surface area contributed by atoms with Gasteiger partial charge in [0, 0.05) is 17.8 Å². The molecule has 1 heterocycles. The molecule has 20 heavy (non-hydrogen) atoms. The Morgan fingerprint density at radius 2 is 2.00 bits per heavy atom. The molecule has 4 nitrogen and oxygen atoms in total. The van der Waals surface area contributed by atoms with Crippen molar-refractivity contribution in [3.63, 3.8) is 0 Å². The zero-order valence-corrected chi connectivity index (χ0v) is 11.7. The van der Waals surface area contributed by atoms with Crippen molar-refractivity contribution in [2.45, 2.75) is 26.7 Å². The summed E-state index contributed by atoms with van der Waals surface area (Å²) < 4.78 is 12.7. The summed E-state index contributed by atoms with van der Waals surface area (Å²) in [4.78, 5) is 11.8. The minimum absolute atomic E-state index is 0.0280. The molecule has 0 spiro atoms. The van der Waals surface area contributed by atoms with Gasteiger partial charge < -0.3 is 5.32 Å². The van der Waals surface area contributed by atoms with Crippen LogP contribution in [0.4, 0.5) is 4.39 Å². The summed E-state index contributed by atoms with van der Waals surface area (Å²) in [6.07, 6.45) is 1.02. The molecule has 0 radical (unpaired) electrons. The zero-order valence-electron chi connectivity index (χ0n) is 11.7. The smallest absolute Gasteiger partial charge is 0.224 e. The van der Waals surface area contributed by atoms with Gasteiger partial charge in [-0.05, 0) is 38.0 Å². The summed E-state index contributed by atoms with van der Waals surface area (Å²) in [6.45, 7) is 4.33. The van der Waals surface area contributed by atoms with Gasteiger partial charge in [0.1, 0.15) is 5.82 Å². The van der Waals surface area contributed by atoms with Gasteiger partial charge in [-0.3, -0.25) is 9.89 Å². The number of aromatic amines is 1. The normalized spacial score (nSPS) is 10.6. The number of H-pyrrole nitrogens is 1. The number of rotatable bonds is 5. The van der Waals surface area contributed by atoms with Crippen LogP contribution in [-0.2, 0) is 17.6 Å². The van der Waals surface area contributed by atoms with E-state index in [-0.39, 0.29) is 11.7 Å². The molecule has 0 atom stereocenters. The van der Waals surface area contributed by atoms with Crippen LogP contribution >= 0.6 is 0 Å². The molecule has 0 bridgehead atoms. The highest BCUT2D eigenvalue weighted by atomic mass is 19.1. The first-order valence-electron chi connectivity index (χ1n) is 6.58. The second-order valence-corrected chi connectivity index (χ2v) is 4.82. The Kier molecular flexibility index (Phi) is 4.50. The van der Waals surface area contributed by atoms with Gasteiger partial charge >= 0.3 is 0 Å². The number of hydrogen-bond donors (Lipinski definition) is 2. The largest absolute Gasteiger partial charge is 0.355 e. The highest BCUT2D eigenvalue weighted by molar-refractivity contribution is 5.79. The van der Waals surface area contributed by atoms with Crippen LogP contribution in [0.3, 0.4) is 0 Å². The minimum atomic E-state index is -0.247. The number of carbonyl (C=O) groups excluding carboxylic acids is 1. The quantitative estimate of drug-likeness (QED) is 0.877. The summed E-state index contributed by atoms with van der Waals surface area (Å²) in [5.41, 5.74) is 3.74. The van der Waals surface area contributed by atoms with Gasteiger partial charge in [-0.15, -0.1) is 0 Å². The fraction of sp³-hybridized carbons (Fsp3) is 0.333. The monoisotopic (exact) mass is 275 g/mol. The van der Waals surface area contributed by atoms with Crippen molar-refractivity contribution >= 4 is 5.91 Å². The Hall–Kier alpha value is -2.17. The maximum Gasteiger partial charge on any atom is 0.224 e. The number of halogens is 1. The van der Waals surface area contributed by atoms with Crippen LogP contribution in [0, 0.1) is 19.7 Å². The molecule has 2 rings (SSSR count). The van der Waals surface area contributed by atoms with Gasteiger partial charge in [0.05, 0.1) is 12.1 Å². The fourth-order valence-corrected chi connectivity index (χ4v) is 2.05. The van der Waals surface area contributed by atoms with Crippen molar-refractivity contribution in [3.8, 4) is 0 Å². The molecule has 1 aromatic carbocycles. The van der Waals surface area contributed by atoms with Crippen molar-refractivity contribution in [1.29, 1.82) is 0 Å². The number of carbonyl (C=O) groups is 1. The van der Waals surface area contributed by atoms with E-state index >= 15 is 0 Å². The van der Waals surface area contributed by atoms with E-state index in [2.05, 4.69) is 15.5 Å². The van der Waals surface area contributed by atoms with Crippen molar-refractivity contribution in [3.05, 3.63) is 52.6 Å². The third-order valence-corrected chi connectivity index (χ3v) is 3.27. The van der Waals surface area contributed by atoms with Crippen molar-refractivity contribution in [1.82, 2.24) is 15.5 Å². The topological polar surface area (TPSA) is 57.8 Å². The number of benzene rings is 1. The average Bonchev–Trinajstić information content (AvgIpc) is 2.73. The van der Waals surface area contributed by atoms with E-state index in [9.17, 15) is 9.18 Å². The molecule has 0 saturated heterocycles. The molecule has 0 aliphatic heterocycles. The number of amides is 1. The number of hydrogen-bond acceptors (Lipinski definition) is 2. The van der Waals surface area contributed by atoms with Gasteiger partial charge in [-0.25, -0.2) is 4.39 Å². The van der Waals surface area contributed by atoms with Crippen LogP contribution in [0.25, 0.3) is 0 Å². The third-order valence-electron chi connectivity index (χ3n) is 3.27. The van der Waals surface area contributed by atoms with Gasteiger partial charge in [-0.1, -0.05) is 12.1 Å². The molecule has 0 unspecified atom stereocenters. The molecular formula is C15H18FN3O. The molecule has 1 amide bonds. The van der Waals surface area contributed by atoms with Crippen LogP contribution in [0.2, 0.25) is 0 Å². The Bertz CT molecular complexity index is 570. The lowest BCUT2D eigenvalue weighted by molar-refractivity contribution is -0.120. The van der Waals surface area contributed by atoms with Gasteiger partial charge in [0.2, 0.25) is 5.91 Å². The maximum atomic E-state index is 12.7. The van der Waals surface area contributed by atoms with Crippen molar-refractivity contribution < 1.29 is 9.18 Å². The third kappa shape index (κ3) is 3.66. The fourth-order valence-electron chi connectivity index (χ4n) is 2.05. The molecule has 5 heteroatoms. The molecular weight excluding hydrogens is 257 g/mol. The second kappa shape index (κ2) is 6.32. The Balaban J connectivity index is 1.80. The Labute approximate surface area is 117 Å². The summed E-state index contributed by atoms with van der Waals surface area (Å²) in [7, 11) is 0. The van der Waals surface area contributed by atoms with Gasteiger partial charge in [0.25, 0.3) is 0 Å². The molecule has 1 aromatic heterocycles. The molecule has 0 saturated carbocycles. The maximum absolute atomic E-state index is 12.7. The van der Waals surface area contributed by atoms with E-state index in [0.29, 0.717) is 19.4 Å².